The van der Waals surface area contributed by atoms with Crippen molar-refractivity contribution in [2.24, 2.45) is 28.1 Å². The fraction of sp³-hybridized carbons (Fsp3) is 0.607. The molecular formula is C28H38O7S. The molecule has 0 radical (unpaired) electrons. The van der Waals surface area contributed by atoms with Crippen molar-refractivity contribution in [1.29, 1.82) is 0 Å². The van der Waals surface area contributed by atoms with Crippen LogP contribution in [0.2, 0.25) is 0 Å². The van der Waals surface area contributed by atoms with E-state index in [0.29, 0.717) is 17.7 Å². The van der Waals surface area contributed by atoms with Gasteiger partial charge < -0.3 is 20.1 Å². The number of ether oxygens (including phenoxy) is 1. The largest absolute Gasteiger partial charge is 0.507 e. The van der Waals surface area contributed by atoms with Gasteiger partial charge in [0.05, 0.1) is 17.3 Å². The molecule has 3 N–H and O–H groups in total. The Balaban J connectivity index is 1.99. The quantitative estimate of drug-likeness (QED) is 0.254. The third-order valence-corrected chi connectivity index (χ3v) is 10.1. The van der Waals surface area contributed by atoms with Crippen molar-refractivity contribution in [1.82, 2.24) is 0 Å². The number of carbonyl (C=O) groups is 3. The third-order valence-electron chi connectivity index (χ3n) is 9.04. The summed E-state index contributed by atoms with van der Waals surface area (Å²) in [7, 11) is 0. The molecule has 0 saturated heterocycles. The maximum Gasteiger partial charge on any atom is 0.316 e. The zero-order valence-electron chi connectivity index (χ0n) is 21.5. The first kappa shape index (κ1) is 28.3. The van der Waals surface area contributed by atoms with Gasteiger partial charge in [-0.3, -0.25) is 14.4 Å². The van der Waals surface area contributed by atoms with Crippen molar-refractivity contribution in [3.63, 3.8) is 0 Å². The molecule has 1 unspecified atom stereocenters. The van der Waals surface area contributed by atoms with Crippen LogP contribution in [0.15, 0.2) is 41.8 Å². The number of benzene rings is 1. The maximum atomic E-state index is 14.4. The summed E-state index contributed by atoms with van der Waals surface area (Å²) in [6.45, 7) is 11.4. The molecule has 1 aromatic rings. The molecule has 0 amide bonds. The predicted molar refractivity (Wildman–Crippen MR) is 138 cm³/mol. The molecule has 36 heavy (non-hydrogen) atoms. The Bertz CT molecular complexity index is 1020. The monoisotopic (exact) mass is 518 g/mol. The number of thioether (sulfide) groups is 1. The first-order valence-electron chi connectivity index (χ1n) is 12.5. The van der Waals surface area contributed by atoms with Crippen molar-refractivity contribution in [3.05, 3.63) is 36.9 Å². The second-order valence-electron chi connectivity index (χ2n) is 11.0. The number of carboxylic acid groups (broad SMARTS) is 1. The smallest absolute Gasteiger partial charge is 0.316 e. The number of phenols is 1. The lowest BCUT2D eigenvalue weighted by Crippen LogP contribution is -2.64. The van der Waals surface area contributed by atoms with Crippen molar-refractivity contribution < 1.29 is 34.4 Å². The predicted octanol–water partition coefficient (Wildman–Crippen LogP) is 4.85. The molecule has 2 aliphatic carbocycles. The van der Waals surface area contributed by atoms with Gasteiger partial charge in [0.2, 0.25) is 0 Å². The number of aliphatic hydroxyl groups excluding tert-OH is 1. The van der Waals surface area contributed by atoms with Gasteiger partial charge in [-0.1, -0.05) is 39.0 Å². The molecule has 0 aromatic heterocycles. The molecule has 8 heteroatoms. The molecule has 2 saturated carbocycles. The topological polar surface area (TPSA) is 121 Å². The molecule has 198 valence electrons. The normalized spacial score (nSPS) is 36.4. The van der Waals surface area contributed by atoms with E-state index in [9.17, 15) is 29.7 Å². The minimum absolute atomic E-state index is 0.0549. The number of aliphatic carboxylic acids is 1. The van der Waals surface area contributed by atoms with Crippen LogP contribution in [0.5, 0.6) is 5.75 Å². The summed E-state index contributed by atoms with van der Waals surface area (Å²) in [6.07, 6.45) is 1.16. The summed E-state index contributed by atoms with van der Waals surface area (Å²) >= 11 is 1.15. The number of rotatable bonds is 8. The van der Waals surface area contributed by atoms with Gasteiger partial charge in [0.25, 0.3) is 0 Å². The molecular weight excluding hydrogens is 480 g/mol. The van der Waals surface area contributed by atoms with Crippen molar-refractivity contribution in [2.45, 2.75) is 76.9 Å². The lowest BCUT2D eigenvalue weighted by molar-refractivity contribution is -0.191. The van der Waals surface area contributed by atoms with Gasteiger partial charge in [0.1, 0.15) is 17.6 Å². The fourth-order valence-electron chi connectivity index (χ4n) is 6.22. The number of hydrogen-bond acceptors (Lipinski definition) is 7. The molecule has 0 aliphatic heterocycles. The Hall–Kier alpha value is -2.32. The number of aromatic hydroxyl groups is 1. The van der Waals surface area contributed by atoms with Gasteiger partial charge in [-0.05, 0) is 56.6 Å². The molecule has 1 aromatic carbocycles. The molecule has 7 nitrogen and oxygen atoms in total. The summed E-state index contributed by atoms with van der Waals surface area (Å²) in [5, 5.41) is 30.9. The van der Waals surface area contributed by atoms with Crippen LogP contribution in [0.3, 0.4) is 0 Å². The van der Waals surface area contributed by atoms with E-state index >= 15 is 0 Å². The standard InChI is InChI=1S/C28H38O7S/c1-6-26(4)15-21(35-23(32)16-36-20-10-8-7-9-19(20)29)27(5)17(2)11-13-28(25(27)34,14-12-22(30)31)18(3)24(26)33/h6-10,17-18,21,24,29,33H,1,11-16H2,2-5H3,(H,30,31)/t17?,18-,21+,24-,26+,27-,28-/m0/s1. The van der Waals surface area contributed by atoms with Crippen molar-refractivity contribution >= 4 is 29.5 Å². The zero-order valence-corrected chi connectivity index (χ0v) is 22.3. The fourth-order valence-corrected chi connectivity index (χ4v) is 6.96. The van der Waals surface area contributed by atoms with E-state index in [1.165, 1.54) is 0 Å². The second kappa shape index (κ2) is 10.6. The summed E-state index contributed by atoms with van der Waals surface area (Å²) in [6, 6.07) is 6.71. The van der Waals surface area contributed by atoms with E-state index in [2.05, 4.69) is 6.58 Å². The molecule has 2 fully saturated rings. The van der Waals surface area contributed by atoms with Gasteiger partial charge in [0.15, 0.2) is 0 Å². The Morgan fingerprint density at radius 3 is 2.53 bits per heavy atom. The van der Waals surface area contributed by atoms with Gasteiger partial charge >= 0.3 is 11.9 Å². The van der Waals surface area contributed by atoms with Crippen LogP contribution in [0.4, 0.5) is 0 Å². The van der Waals surface area contributed by atoms with Gasteiger partial charge in [0, 0.05) is 22.1 Å². The number of carbonyl (C=O) groups excluding carboxylic acids is 2. The molecule has 0 heterocycles. The van der Waals surface area contributed by atoms with Crippen molar-refractivity contribution in [2.75, 3.05) is 5.75 Å². The Kier molecular flexibility index (Phi) is 8.30. The number of para-hydroxylation sites is 1. The van der Waals surface area contributed by atoms with E-state index < -0.39 is 46.3 Å². The third kappa shape index (κ3) is 4.94. The zero-order chi connectivity index (χ0) is 26.9. The molecule has 0 spiro atoms. The van der Waals surface area contributed by atoms with E-state index in [0.717, 1.165) is 11.8 Å². The maximum absolute atomic E-state index is 14.4. The lowest BCUT2D eigenvalue weighted by atomic mass is 9.46. The number of esters is 1. The van der Waals surface area contributed by atoms with Crippen LogP contribution < -0.4 is 0 Å². The second-order valence-corrected chi connectivity index (χ2v) is 12.0. The first-order chi connectivity index (χ1) is 16.8. The highest BCUT2D eigenvalue weighted by molar-refractivity contribution is 8.00. The SMILES string of the molecule is C=C[C@]1(C)C[C@@H](OC(=O)CSc2ccccc2O)[C@@]2(C)C(=O)[C@](CCC(=O)O)(CCC2C)[C@@H](C)[C@@H]1O. The molecule has 2 aliphatic rings. The molecule has 3 rings (SSSR count). The van der Waals surface area contributed by atoms with E-state index in [4.69, 9.17) is 4.74 Å². The first-order valence-corrected chi connectivity index (χ1v) is 13.5. The Morgan fingerprint density at radius 1 is 1.25 bits per heavy atom. The number of Topliss-reactive ketones (excluding diaryl/α,β-unsaturated/α-hetero) is 1. The number of ketones is 1. The molecule has 2 bridgehead atoms. The summed E-state index contributed by atoms with van der Waals surface area (Å²) in [4.78, 5) is 39.5. The van der Waals surface area contributed by atoms with Crippen molar-refractivity contribution in [3.8, 4) is 5.75 Å². The van der Waals surface area contributed by atoms with Crippen LogP contribution in [-0.4, -0.2) is 51.0 Å². The summed E-state index contributed by atoms with van der Waals surface area (Å²) < 4.78 is 6.03. The van der Waals surface area contributed by atoms with Crippen LogP contribution in [-0.2, 0) is 19.1 Å². The van der Waals surface area contributed by atoms with E-state index in [1.807, 2.05) is 27.7 Å². The van der Waals surface area contributed by atoms with Crippen LogP contribution in [0, 0.1) is 28.1 Å². The number of carboxylic acids is 1. The van der Waals surface area contributed by atoms with Gasteiger partial charge in [-0.25, -0.2) is 0 Å². The van der Waals surface area contributed by atoms with Gasteiger partial charge in [-0.2, -0.15) is 0 Å². The Labute approximate surface area is 217 Å². The number of phenolic OH excluding ortho intramolecular Hbond substituents is 1. The number of aliphatic hydroxyl groups is 1. The van der Waals surface area contributed by atoms with Gasteiger partial charge in [-0.15, -0.1) is 18.3 Å². The highest BCUT2D eigenvalue weighted by Crippen LogP contribution is 2.60. The van der Waals surface area contributed by atoms with Crippen LogP contribution >= 0.6 is 11.8 Å². The number of fused-ring (bicyclic) bond motifs is 2. The highest BCUT2D eigenvalue weighted by atomic mass is 32.2. The average Bonchev–Trinajstić information content (AvgIpc) is 2.84. The van der Waals surface area contributed by atoms with Crippen LogP contribution in [0.25, 0.3) is 0 Å². The summed E-state index contributed by atoms with van der Waals surface area (Å²) in [5.74, 6) is -2.22. The minimum Gasteiger partial charge on any atom is -0.507 e. The average molecular weight is 519 g/mol. The minimum atomic E-state index is -1.05. The number of hydrogen-bond donors (Lipinski definition) is 3. The lowest BCUT2D eigenvalue weighted by Gasteiger charge is -2.58. The van der Waals surface area contributed by atoms with Crippen LogP contribution in [0.1, 0.15) is 59.8 Å². The highest BCUT2D eigenvalue weighted by Gasteiger charge is 2.64. The molecule has 7 atom stereocenters. The Morgan fingerprint density at radius 2 is 1.92 bits per heavy atom. The summed E-state index contributed by atoms with van der Waals surface area (Å²) in [5.41, 5.74) is -2.95. The van der Waals surface area contributed by atoms with E-state index in [1.54, 1.807) is 30.3 Å². The van der Waals surface area contributed by atoms with E-state index in [-0.39, 0.29) is 42.5 Å².